The molecule has 1 heterocycles. The van der Waals surface area contributed by atoms with Gasteiger partial charge in [-0.25, -0.2) is 0 Å². The van der Waals surface area contributed by atoms with Gasteiger partial charge in [0.05, 0.1) is 25.3 Å². The predicted molar refractivity (Wildman–Crippen MR) is 173 cm³/mol. The first kappa shape index (κ1) is 31.5. The minimum atomic E-state index is -0.865. The van der Waals surface area contributed by atoms with Crippen molar-refractivity contribution in [2.24, 2.45) is 0 Å². The second-order valence-electron chi connectivity index (χ2n) is 11.0. The summed E-state index contributed by atoms with van der Waals surface area (Å²) in [5.74, 6) is 0.682. The fourth-order valence-corrected chi connectivity index (χ4v) is 5.80. The van der Waals surface area contributed by atoms with Crippen LogP contribution in [0.3, 0.4) is 0 Å². The lowest BCUT2D eigenvalue weighted by atomic mass is 9.80. The molecule has 0 spiro atoms. The highest BCUT2D eigenvalue weighted by Gasteiger charge is 2.38. The van der Waals surface area contributed by atoms with Crippen LogP contribution >= 0.6 is 0 Å². The number of nitrogens with one attached hydrogen (secondary N) is 1. The fraction of sp³-hybridized carbons (Fsp3) is 0.270. The zero-order valence-electron chi connectivity index (χ0n) is 25.9. The van der Waals surface area contributed by atoms with Crippen molar-refractivity contribution >= 4 is 23.4 Å². The molecule has 8 nitrogen and oxygen atoms in total. The van der Waals surface area contributed by atoms with Gasteiger partial charge in [-0.1, -0.05) is 67.4 Å². The van der Waals surface area contributed by atoms with Gasteiger partial charge in [0.25, 0.3) is 11.8 Å². The van der Waals surface area contributed by atoms with Crippen molar-refractivity contribution in [1.82, 2.24) is 4.90 Å². The number of ether oxygens (including phenoxy) is 3. The SMILES string of the molecule is COc1ccc(C(OCCCCCCN2C(=O)c3ccc(NC(C)=O)cc3C2=O)(c2ccccc2)c2ccc(OC)cc2)cc1. The van der Waals surface area contributed by atoms with E-state index in [0.717, 1.165) is 47.5 Å². The number of carbonyl (C=O) groups excluding carboxylic acids is 3. The van der Waals surface area contributed by atoms with Crippen molar-refractivity contribution in [3.8, 4) is 11.5 Å². The van der Waals surface area contributed by atoms with Crippen LogP contribution in [0, 0.1) is 0 Å². The second-order valence-corrected chi connectivity index (χ2v) is 11.0. The van der Waals surface area contributed by atoms with E-state index in [9.17, 15) is 14.4 Å². The molecule has 5 rings (SSSR count). The summed E-state index contributed by atoms with van der Waals surface area (Å²) in [6.07, 6.45) is 3.18. The van der Waals surface area contributed by atoms with Crippen molar-refractivity contribution in [3.05, 3.63) is 125 Å². The fourth-order valence-electron chi connectivity index (χ4n) is 5.80. The minimum absolute atomic E-state index is 0.235. The van der Waals surface area contributed by atoms with Crippen molar-refractivity contribution in [2.75, 3.05) is 32.7 Å². The van der Waals surface area contributed by atoms with Crippen LogP contribution in [-0.2, 0) is 15.1 Å². The monoisotopic (exact) mass is 606 g/mol. The number of hydrogen-bond acceptors (Lipinski definition) is 6. The molecule has 1 N–H and O–H groups in total. The Morgan fingerprint density at radius 2 is 1.24 bits per heavy atom. The first-order valence-corrected chi connectivity index (χ1v) is 15.1. The van der Waals surface area contributed by atoms with E-state index in [0.29, 0.717) is 36.4 Å². The Bertz CT molecular complexity index is 1590. The molecule has 232 valence electrons. The second kappa shape index (κ2) is 14.2. The van der Waals surface area contributed by atoms with Crippen LogP contribution in [0.1, 0.15) is 70.0 Å². The number of amides is 3. The van der Waals surface area contributed by atoms with Crippen LogP contribution in [0.5, 0.6) is 11.5 Å². The Morgan fingerprint density at radius 3 is 1.82 bits per heavy atom. The summed E-state index contributed by atoms with van der Waals surface area (Å²) in [6.45, 7) is 2.23. The Balaban J connectivity index is 1.25. The molecule has 0 atom stereocenters. The number of hydrogen-bond donors (Lipinski definition) is 1. The first-order chi connectivity index (χ1) is 21.9. The van der Waals surface area contributed by atoms with Crippen molar-refractivity contribution in [1.29, 1.82) is 0 Å². The summed E-state index contributed by atoms with van der Waals surface area (Å²) in [7, 11) is 3.30. The maximum Gasteiger partial charge on any atom is 0.261 e. The molecule has 3 amide bonds. The lowest BCUT2D eigenvalue weighted by Crippen LogP contribution is -2.33. The van der Waals surface area contributed by atoms with E-state index < -0.39 is 5.60 Å². The van der Waals surface area contributed by atoms with Crippen LogP contribution in [0.15, 0.2) is 97.1 Å². The van der Waals surface area contributed by atoms with Gasteiger partial charge in [-0.15, -0.1) is 0 Å². The van der Waals surface area contributed by atoms with Gasteiger partial charge in [0.2, 0.25) is 5.91 Å². The number of fused-ring (bicyclic) bond motifs is 1. The van der Waals surface area contributed by atoms with E-state index >= 15 is 0 Å². The summed E-state index contributed by atoms with van der Waals surface area (Å²) in [5, 5.41) is 2.66. The zero-order valence-corrected chi connectivity index (χ0v) is 25.9. The number of nitrogens with zero attached hydrogens (tertiary/aromatic N) is 1. The molecule has 4 aromatic carbocycles. The number of benzene rings is 4. The van der Waals surface area contributed by atoms with E-state index in [-0.39, 0.29) is 17.7 Å². The molecule has 0 bridgehead atoms. The normalized spacial score (nSPS) is 12.6. The van der Waals surface area contributed by atoms with E-state index in [1.165, 1.54) is 11.8 Å². The third kappa shape index (κ3) is 6.76. The summed E-state index contributed by atoms with van der Waals surface area (Å²) in [6, 6.07) is 30.9. The van der Waals surface area contributed by atoms with Crippen LogP contribution in [0.25, 0.3) is 0 Å². The van der Waals surface area contributed by atoms with Gasteiger partial charge in [-0.05, 0) is 72.0 Å². The van der Waals surface area contributed by atoms with E-state index in [4.69, 9.17) is 14.2 Å². The summed E-state index contributed by atoms with van der Waals surface area (Å²) in [5.41, 5.74) is 3.30. The molecular formula is C37H38N2O6. The zero-order chi connectivity index (χ0) is 31.8. The summed E-state index contributed by atoms with van der Waals surface area (Å²) in [4.78, 5) is 38.5. The number of methoxy groups -OCH3 is 2. The molecule has 0 saturated carbocycles. The van der Waals surface area contributed by atoms with Crippen molar-refractivity contribution in [3.63, 3.8) is 0 Å². The molecule has 4 aromatic rings. The van der Waals surface area contributed by atoms with Gasteiger partial charge in [-0.3, -0.25) is 19.3 Å². The van der Waals surface area contributed by atoms with Gasteiger partial charge in [0, 0.05) is 25.8 Å². The standard InChI is InChI=1S/C37H38N2O6/c1-26(40)38-30-17-22-33-34(25-30)36(42)39(35(33)41)23-9-4-5-10-24-45-37(27-11-7-6-8-12-27,28-13-18-31(43-2)19-14-28)29-15-20-32(44-3)21-16-29/h6-8,11-22,25H,4-5,9-10,23-24H2,1-3H3,(H,38,40). The molecule has 0 saturated heterocycles. The van der Waals surface area contributed by atoms with Gasteiger partial charge in [0.1, 0.15) is 17.1 Å². The molecule has 0 unspecified atom stereocenters. The predicted octanol–water partition coefficient (Wildman–Crippen LogP) is 6.83. The number of unbranched alkanes of at least 4 members (excludes halogenated alkanes) is 3. The highest BCUT2D eigenvalue weighted by molar-refractivity contribution is 6.21. The van der Waals surface area contributed by atoms with Crippen molar-refractivity contribution < 1.29 is 28.6 Å². The molecule has 8 heteroatoms. The number of imide groups is 1. The lowest BCUT2D eigenvalue weighted by Gasteiger charge is -2.36. The molecule has 0 aliphatic carbocycles. The highest BCUT2D eigenvalue weighted by atomic mass is 16.5. The number of anilines is 1. The van der Waals surface area contributed by atoms with Crippen LogP contribution in [0.4, 0.5) is 5.69 Å². The maximum absolute atomic E-state index is 13.0. The quantitative estimate of drug-likeness (QED) is 0.0961. The van der Waals surface area contributed by atoms with Crippen LogP contribution in [-0.4, -0.2) is 50.0 Å². The molecule has 0 aromatic heterocycles. The van der Waals surface area contributed by atoms with Gasteiger partial charge >= 0.3 is 0 Å². The average molecular weight is 607 g/mol. The van der Waals surface area contributed by atoms with Crippen molar-refractivity contribution in [2.45, 2.75) is 38.2 Å². The number of carbonyl (C=O) groups is 3. The van der Waals surface area contributed by atoms with Gasteiger partial charge < -0.3 is 19.5 Å². The Hall–Kier alpha value is -4.95. The molecule has 1 aliphatic heterocycles. The molecule has 45 heavy (non-hydrogen) atoms. The largest absolute Gasteiger partial charge is 0.497 e. The molecule has 0 fully saturated rings. The molecule has 0 radical (unpaired) electrons. The topological polar surface area (TPSA) is 94.2 Å². The van der Waals surface area contributed by atoms with Crippen LogP contribution < -0.4 is 14.8 Å². The Morgan fingerprint density at radius 1 is 0.689 bits per heavy atom. The smallest absolute Gasteiger partial charge is 0.261 e. The Labute approximate surface area is 263 Å². The third-order valence-corrected chi connectivity index (χ3v) is 8.06. The third-order valence-electron chi connectivity index (χ3n) is 8.06. The van der Waals surface area contributed by atoms with Crippen LogP contribution in [0.2, 0.25) is 0 Å². The lowest BCUT2D eigenvalue weighted by molar-refractivity contribution is -0.114. The molecule has 1 aliphatic rings. The summed E-state index contributed by atoms with van der Waals surface area (Å²) < 4.78 is 17.8. The maximum atomic E-state index is 13.0. The first-order valence-electron chi connectivity index (χ1n) is 15.1. The van der Waals surface area contributed by atoms with E-state index in [1.807, 2.05) is 66.7 Å². The average Bonchev–Trinajstić information content (AvgIpc) is 3.30. The Kier molecular flexibility index (Phi) is 9.95. The molecular weight excluding hydrogens is 568 g/mol. The number of rotatable bonds is 14. The van der Waals surface area contributed by atoms with E-state index in [1.54, 1.807) is 32.4 Å². The van der Waals surface area contributed by atoms with E-state index in [2.05, 4.69) is 17.4 Å². The van der Waals surface area contributed by atoms with Gasteiger partial charge in [-0.2, -0.15) is 0 Å². The highest BCUT2D eigenvalue weighted by Crippen LogP contribution is 2.42. The minimum Gasteiger partial charge on any atom is -0.497 e. The summed E-state index contributed by atoms with van der Waals surface area (Å²) >= 11 is 0. The van der Waals surface area contributed by atoms with Gasteiger partial charge in [0.15, 0.2) is 0 Å².